The molecule has 90 valence electrons. The van der Waals surface area contributed by atoms with Crippen LogP contribution in [0.25, 0.3) is 17.2 Å². The summed E-state index contributed by atoms with van der Waals surface area (Å²) in [6, 6.07) is 17.7. The summed E-state index contributed by atoms with van der Waals surface area (Å²) >= 11 is 0. The highest BCUT2D eigenvalue weighted by molar-refractivity contribution is 5.93. The monoisotopic (exact) mass is 238 g/mol. The van der Waals surface area contributed by atoms with Gasteiger partial charge in [-0.05, 0) is 29.7 Å². The molecule has 0 amide bonds. The third-order valence-corrected chi connectivity index (χ3v) is 2.75. The molecule has 0 aromatic heterocycles. The molecule has 0 aliphatic rings. The van der Waals surface area contributed by atoms with Crippen LogP contribution < -0.4 is 0 Å². The van der Waals surface area contributed by atoms with Gasteiger partial charge in [0.1, 0.15) is 0 Å². The molecule has 2 aromatic carbocycles. The number of hydrogen-bond donors (Lipinski definition) is 1. The van der Waals surface area contributed by atoms with Crippen LogP contribution in [0.4, 0.5) is 0 Å². The molecule has 0 radical (unpaired) electrons. The fraction of sp³-hybridized carbons (Fsp3) is 0.0625. The highest BCUT2D eigenvalue weighted by Gasteiger charge is 2.05. The van der Waals surface area contributed by atoms with Crippen LogP contribution in [0.5, 0.6) is 0 Å². The van der Waals surface area contributed by atoms with Gasteiger partial charge in [0.15, 0.2) is 0 Å². The van der Waals surface area contributed by atoms with Gasteiger partial charge in [-0.1, -0.05) is 54.6 Å². The molecule has 2 heteroatoms. The average Bonchev–Trinajstić information content (AvgIpc) is 2.40. The van der Waals surface area contributed by atoms with E-state index in [9.17, 15) is 4.79 Å². The molecule has 0 heterocycles. The molecular formula is C16H14O2. The van der Waals surface area contributed by atoms with Crippen LogP contribution in [0.2, 0.25) is 0 Å². The highest BCUT2D eigenvalue weighted by atomic mass is 16.4. The molecule has 0 aliphatic heterocycles. The molecule has 2 rings (SSSR count). The van der Waals surface area contributed by atoms with Crippen LogP contribution in [-0.4, -0.2) is 11.1 Å². The molecule has 0 saturated heterocycles. The van der Waals surface area contributed by atoms with Crippen molar-refractivity contribution in [3.05, 3.63) is 65.7 Å². The molecule has 1 N–H and O–H groups in total. The van der Waals surface area contributed by atoms with Crippen molar-refractivity contribution in [2.45, 2.75) is 6.92 Å². The SMILES string of the molecule is CC(=Cc1ccccc1-c1ccccc1)C(=O)O. The number of benzene rings is 2. The molecule has 18 heavy (non-hydrogen) atoms. The average molecular weight is 238 g/mol. The third-order valence-electron chi connectivity index (χ3n) is 2.75. The zero-order valence-corrected chi connectivity index (χ0v) is 10.1. The number of hydrogen-bond acceptors (Lipinski definition) is 1. The maximum absolute atomic E-state index is 10.9. The van der Waals surface area contributed by atoms with E-state index in [-0.39, 0.29) is 0 Å². The van der Waals surface area contributed by atoms with Crippen molar-refractivity contribution in [3.8, 4) is 11.1 Å². The lowest BCUT2D eigenvalue weighted by Crippen LogP contribution is -1.96. The Morgan fingerprint density at radius 1 is 1.00 bits per heavy atom. The largest absolute Gasteiger partial charge is 0.478 e. The van der Waals surface area contributed by atoms with E-state index in [2.05, 4.69) is 0 Å². The summed E-state index contributed by atoms with van der Waals surface area (Å²) in [4.78, 5) is 10.9. The van der Waals surface area contributed by atoms with Crippen molar-refractivity contribution in [3.63, 3.8) is 0 Å². The predicted octanol–water partition coefficient (Wildman–Crippen LogP) is 3.84. The summed E-state index contributed by atoms with van der Waals surface area (Å²) in [7, 11) is 0. The molecule has 0 spiro atoms. The Hall–Kier alpha value is -2.35. The molecule has 0 saturated carbocycles. The smallest absolute Gasteiger partial charge is 0.331 e. The molecule has 0 atom stereocenters. The van der Waals surface area contributed by atoms with E-state index in [1.807, 2.05) is 54.6 Å². The number of rotatable bonds is 3. The zero-order valence-electron chi connectivity index (χ0n) is 10.1. The number of carboxylic acid groups (broad SMARTS) is 1. The lowest BCUT2D eigenvalue weighted by atomic mass is 9.98. The van der Waals surface area contributed by atoms with Crippen LogP contribution in [0.1, 0.15) is 12.5 Å². The Kier molecular flexibility index (Phi) is 3.58. The van der Waals surface area contributed by atoms with E-state index >= 15 is 0 Å². The van der Waals surface area contributed by atoms with Crippen LogP contribution in [0, 0.1) is 0 Å². The van der Waals surface area contributed by atoms with Gasteiger partial charge in [-0.3, -0.25) is 0 Å². The van der Waals surface area contributed by atoms with Gasteiger partial charge in [0.2, 0.25) is 0 Å². The van der Waals surface area contributed by atoms with E-state index in [0.29, 0.717) is 5.57 Å². The van der Waals surface area contributed by atoms with Crippen LogP contribution in [0.15, 0.2) is 60.2 Å². The minimum absolute atomic E-state index is 0.332. The maximum atomic E-state index is 10.9. The fourth-order valence-electron chi connectivity index (χ4n) is 1.80. The second-order valence-electron chi connectivity index (χ2n) is 4.09. The topological polar surface area (TPSA) is 37.3 Å². The molecule has 0 unspecified atom stereocenters. The zero-order chi connectivity index (χ0) is 13.0. The Labute approximate surface area is 106 Å². The lowest BCUT2D eigenvalue weighted by Gasteiger charge is -2.06. The van der Waals surface area contributed by atoms with Gasteiger partial charge in [0.05, 0.1) is 0 Å². The van der Waals surface area contributed by atoms with Gasteiger partial charge in [0.25, 0.3) is 0 Å². The van der Waals surface area contributed by atoms with Gasteiger partial charge >= 0.3 is 5.97 Å². The normalized spacial score (nSPS) is 11.3. The van der Waals surface area contributed by atoms with Gasteiger partial charge in [-0.15, -0.1) is 0 Å². The summed E-state index contributed by atoms with van der Waals surface area (Å²) in [5, 5.41) is 8.94. The minimum Gasteiger partial charge on any atom is -0.478 e. The molecular weight excluding hydrogens is 224 g/mol. The Bertz CT molecular complexity index is 583. The van der Waals surface area contributed by atoms with E-state index in [4.69, 9.17) is 5.11 Å². The first kappa shape index (κ1) is 12.1. The van der Waals surface area contributed by atoms with E-state index < -0.39 is 5.97 Å². The van der Waals surface area contributed by atoms with Gasteiger partial charge in [0, 0.05) is 5.57 Å². The lowest BCUT2D eigenvalue weighted by molar-refractivity contribution is -0.132. The van der Waals surface area contributed by atoms with Crippen molar-refractivity contribution in [2.24, 2.45) is 0 Å². The van der Waals surface area contributed by atoms with E-state index in [0.717, 1.165) is 16.7 Å². The number of aliphatic carboxylic acids is 1. The first-order valence-electron chi connectivity index (χ1n) is 5.74. The first-order chi connectivity index (χ1) is 8.68. The van der Waals surface area contributed by atoms with Crippen molar-refractivity contribution in [1.82, 2.24) is 0 Å². The second kappa shape index (κ2) is 5.32. The second-order valence-corrected chi connectivity index (χ2v) is 4.09. The van der Waals surface area contributed by atoms with Crippen LogP contribution >= 0.6 is 0 Å². The van der Waals surface area contributed by atoms with Crippen molar-refractivity contribution in [1.29, 1.82) is 0 Å². The maximum Gasteiger partial charge on any atom is 0.331 e. The van der Waals surface area contributed by atoms with Crippen molar-refractivity contribution in [2.75, 3.05) is 0 Å². The Morgan fingerprint density at radius 3 is 2.28 bits per heavy atom. The Morgan fingerprint density at radius 2 is 1.61 bits per heavy atom. The van der Waals surface area contributed by atoms with E-state index in [1.54, 1.807) is 13.0 Å². The summed E-state index contributed by atoms with van der Waals surface area (Å²) in [5.41, 5.74) is 3.38. The predicted molar refractivity (Wildman–Crippen MR) is 73.2 cm³/mol. The molecule has 2 aromatic rings. The summed E-state index contributed by atoms with van der Waals surface area (Å²) in [6.07, 6.45) is 1.70. The third kappa shape index (κ3) is 2.66. The van der Waals surface area contributed by atoms with E-state index in [1.165, 1.54) is 0 Å². The van der Waals surface area contributed by atoms with Crippen molar-refractivity contribution >= 4 is 12.0 Å². The van der Waals surface area contributed by atoms with Gasteiger partial charge in [-0.25, -0.2) is 4.79 Å². The molecule has 0 aliphatic carbocycles. The Balaban J connectivity index is 2.51. The molecule has 2 nitrogen and oxygen atoms in total. The fourth-order valence-corrected chi connectivity index (χ4v) is 1.80. The van der Waals surface area contributed by atoms with Gasteiger partial charge < -0.3 is 5.11 Å². The summed E-state index contributed by atoms with van der Waals surface area (Å²) < 4.78 is 0. The standard InChI is InChI=1S/C16H14O2/c1-12(16(17)18)11-14-9-5-6-10-15(14)13-7-3-2-4-8-13/h2-11H,1H3,(H,17,18). The quantitative estimate of drug-likeness (QED) is 0.825. The van der Waals surface area contributed by atoms with Crippen molar-refractivity contribution < 1.29 is 9.90 Å². The summed E-state index contributed by atoms with van der Waals surface area (Å²) in [5.74, 6) is -0.891. The summed E-state index contributed by atoms with van der Waals surface area (Å²) in [6.45, 7) is 1.60. The minimum atomic E-state index is -0.891. The molecule has 0 fully saturated rings. The first-order valence-corrected chi connectivity index (χ1v) is 5.74. The number of carbonyl (C=O) groups is 1. The molecule has 0 bridgehead atoms. The van der Waals surface area contributed by atoms with Gasteiger partial charge in [-0.2, -0.15) is 0 Å². The number of carboxylic acids is 1. The highest BCUT2D eigenvalue weighted by Crippen LogP contribution is 2.25. The van der Waals surface area contributed by atoms with Crippen LogP contribution in [-0.2, 0) is 4.79 Å². The van der Waals surface area contributed by atoms with Crippen LogP contribution in [0.3, 0.4) is 0 Å².